The molecular weight excluding hydrogens is 373 g/mol. The van der Waals surface area contributed by atoms with Gasteiger partial charge in [-0.1, -0.05) is 60.6 Å². The number of pyridine rings is 1. The number of hydrogen-bond acceptors (Lipinski definition) is 5. The fourth-order valence-electron chi connectivity index (χ4n) is 2.47. The molecule has 1 N–H and O–H groups in total. The number of aromatic nitrogens is 1. The van der Waals surface area contributed by atoms with Gasteiger partial charge in [0.05, 0.1) is 22.4 Å². The number of carboxylic acids is 1. The zero-order chi connectivity index (χ0) is 17.7. The number of hydrogen-bond donors (Lipinski definition) is 1. The molecule has 0 aromatic carbocycles. The van der Waals surface area contributed by atoms with Crippen LogP contribution in [0.15, 0.2) is 16.8 Å². The van der Waals surface area contributed by atoms with E-state index in [4.69, 9.17) is 34.8 Å². The van der Waals surface area contributed by atoms with Crippen molar-refractivity contribution in [2.45, 2.75) is 45.4 Å². The average Bonchev–Trinajstić information content (AvgIpc) is 2.98. The number of allylic oxidation sites excluding steroid dienone is 2. The van der Waals surface area contributed by atoms with E-state index < -0.39 is 11.7 Å². The molecule has 1 aliphatic rings. The minimum absolute atomic E-state index is 0.0190. The zero-order valence-electron chi connectivity index (χ0n) is 13.2. The number of carbonyl (C=O) groups is 1. The Morgan fingerprint density at radius 2 is 2.08 bits per heavy atom. The summed E-state index contributed by atoms with van der Waals surface area (Å²) in [4.78, 5) is 14.7. The Balaban J connectivity index is 2.22. The Morgan fingerprint density at radius 3 is 2.75 bits per heavy atom. The van der Waals surface area contributed by atoms with Gasteiger partial charge >= 0.3 is 0 Å². The first kappa shape index (κ1) is 19.0. The lowest BCUT2D eigenvalue weighted by molar-refractivity contribution is -0.255. The van der Waals surface area contributed by atoms with Crippen LogP contribution in [-0.2, 0) is 0 Å². The second-order valence-electron chi connectivity index (χ2n) is 5.44. The summed E-state index contributed by atoms with van der Waals surface area (Å²) in [7, 11) is 0. The number of aromatic carboxylic acids is 1. The Hall–Kier alpha value is -1.30. The summed E-state index contributed by atoms with van der Waals surface area (Å²) in [5, 5.41) is 15.1. The van der Waals surface area contributed by atoms with Crippen LogP contribution < -0.4 is 10.5 Å². The highest BCUT2D eigenvalue weighted by molar-refractivity contribution is 6.46. The van der Waals surface area contributed by atoms with Gasteiger partial charge in [0.15, 0.2) is 5.15 Å². The normalized spacial score (nSPS) is 15.7. The molecule has 8 heteroatoms. The number of unbranched alkanes of at least 4 members (excludes halogenated alkanes) is 2. The zero-order valence-corrected chi connectivity index (χ0v) is 15.4. The summed E-state index contributed by atoms with van der Waals surface area (Å²) in [5.74, 6) is -1.53. The Morgan fingerprint density at radius 1 is 1.33 bits per heavy atom. The fraction of sp³-hybridized carbons (Fsp3) is 0.438. The van der Waals surface area contributed by atoms with Gasteiger partial charge in [0, 0.05) is 0 Å². The number of nitrogens with one attached hydrogen (secondary N) is 1. The molecule has 0 amide bonds. The minimum atomic E-state index is -1.53. The summed E-state index contributed by atoms with van der Waals surface area (Å²) in [5.41, 5.74) is 4.51. The minimum Gasteiger partial charge on any atom is -0.543 e. The van der Waals surface area contributed by atoms with Crippen molar-refractivity contribution >= 4 is 52.2 Å². The molecule has 2 rings (SSSR count). The number of anilines is 1. The highest BCUT2D eigenvalue weighted by atomic mass is 35.5. The van der Waals surface area contributed by atoms with Gasteiger partial charge < -0.3 is 9.90 Å². The molecule has 1 aromatic heterocycles. The molecule has 0 fully saturated rings. The third-order valence-electron chi connectivity index (χ3n) is 3.73. The molecule has 0 unspecified atom stereocenters. The van der Waals surface area contributed by atoms with Crippen molar-refractivity contribution in [2.75, 3.05) is 5.43 Å². The first-order valence-electron chi connectivity index (χ1n) is 7.73. The van der Waals surface area contributed by atoms with Gasteiger partial charge in [0.25, 0.3) is 0 Å². The van der Waals surface area contributed by atoms with Crippen LogP contribution in [0, 0.1) is 0 Å². The second-order valence-corrected chi connectivity index (χ2v) is 6.55. The van der Waals surface area contributed by atoms with Crippen molar-refractivity contribution in [3.8, 4) is 0 Å². The number of hydrazone groups is 1. The third kappa shape index (κ3) is 4.41. The van der Waals surface area contributed by atoms with Crippen LogP contribution in [0.5, 0.6) is 0 Å². The first-order valence-corrected chi connectivity index (χ1v) is 8.86. The van der Waals surface area contributed by atoms with Gasteiger partial charge in [-0.3, -0.25) is 5.43 Å². The lowest BCUT2D eigenvalue weighted by atomic mass is 10.1. The van der Waals surface area contributed by atoms with Gasteiger partial charge in [0.2, 0.25) is 0 Å². The number of carboxylic acid groups (broad SMARTS) is 1. The van der Waals surface area contributed by atoms with E-state index in [2.05, 4.69) is 28.5 Å². The van der Waals surface area contributed by atoms with Gasteiger partial charge in [-0.15, -0.1) is 0 Å². The number of nitrogens with zero attached hydrogens (tertiary/aromatic N) is 2. The number of halogens is 3. The van der Waals surface area contributed by atoms with E-state index in [0.717, 1.165) is 37.8 Å². The summed E-state index contributed by atoms with van der Waals surface area (Å²) >= 11 is 17.9. The van der Waals surface area contributed by atoms with Crippen molar-refractivity contribution in [2.24, 2.45) is 5.10 Å². The molecule has 0 saturated heterocycles. The number of rotatable bonds is 7. The van der Waals surface area contributed by atoms with Crippen LogP contribution in [-0.4, -0.2) is 16.7 Å². The van der Waals surface area contributed by atoms with Crippen molar-refractivity contribution in [3.05, 3.63) is 32.5 Å². The van der Waals surface area contributed by atoms with Crippen LogP contribution in [0.2, 0.25) is 15.2 Å². The Kier molecular flexibility index (Phi) is 6.90. The van der Waals surface area contributed by atoms with E-state index in [1.165, 1.54) is 12.0 Å². The molecule has 0 spiro atoms. The average molecular weight is 390 g/mol. The Labute approximate surface area is 155 Å². The first-order chi connectivity index (χ1) is 11.5. The predicted octanol–water partition coefficient (Wildman–Crippen LogP) is 4.47. The summed E-state index contributed by atoms with van der Waals surface area (Å²) in [6, 6.07) is 0. The molecule has 0 saturated carbocycles. The molecule has 130 valence electrons. The SMILES string of the molecule is CCCCCC1=CCC/C1=N/Nc1c(Cl)c(Cl)nc(C(=O)[O-])c1Cl. The van der Waals surface area contributed by atoms with E-state index in [-0.39, 0.29) is 20.9 Å². The maximum Gasteiger partial charge on any atom is 0.150 e. The highest BCUT2D eigenvalue weighted by Crippen LogP contribution is 2.37. The molecule has 1 aromatic rings. The predicted molar refractivity (Wildman–Crippen MR) is 96.1 cm³/mol. The topological polar surface area (TPSA) is 77.4 Å². The van der Waals surface area contributed by atoms with E-state index in [1.54, 1.807) is 0 Å². The van der Waals surface area contributed by atoms with Gasteiger partial charge in [-0.25, -0.2) is 4.98 Å². The highest BCUT2D eigenvalue weighted by Gasteiger charge is 2.18. The second kappa shape index (κ2) is 8.70. The third-order valence-corrected chi connectivity index (χ3v) is 4.83. The van der Waals surface area contributed by atoms with Crippen LogP contribution in [0.4, 0.5) is 5.69 Å². The van der Waals surface area contributed by atoms with Crippen LogP contribution in [0.25, 0.3) is 0 Å². The molecule has 0 atom stereocenters. The van der Waals surface area contributed by atoms with Crippen molar-refractivity contribution in [3.63, 3.8) is 0 Å². The van der Waals surface area contributed by atoms with Gasteiger partial charge in [-0.2, -0.15) is 5.10 Å². The van der Waals surface area contributed by atoms with Gasteiger partial charge in [0.1, 0.15) is 10.7 Å². The summed E-state index contributed by atoms with van der Waals surface area (Å²) in [6.07, 6.45) is 8.33. The molecule has 0 bridgehead atoms. The standard InChI is InChI=1S/C16H18Cl3N3O2/c1-2-3-4-6-9-7-5-8-10(9)21-22-13-11(17)14(16(23)24)20-15(19)12(13)18/h7H,2-6,8H2,1H3,(H,20,22)(H,23,24)/p-1/b21-10-. The van der Waals surface area contributed by atoms with Crippen molar-refractivity contribution in [1.82, 2.24) is 4.98 Å². The van der Waals surface area contributed by atoms with Crippen LogP contribution in [0.1, 0.15) is 55.9 Å². The lowest BCUT2D eigenvalue weighted by Gasteiger charge is -2.13. The van der Waals surface area contributed by atoms with Crippen LogP contribution >= 0.6 is 34.8 Å². The van der Waals surface area contributed by atoms with E-state index >= 15 is 0 Å². The van der Waals surface area contributed by atoms with Crippen molar-refractivity contribution < 1.29 is 9.90 Å². The van der Waals surface area contributed by atoms with E-state index in [1.807, 2.05) is 0 Å². The largest absolute Gasteiger partial charge is 0.543 e. The molecule has 0 aliphatic heterocycles. The lowest BCUT2D eigenvalue weighted by Crippen LogP contribution is -2.24. The van der Waals surface area contributed by atoms with Crippen LogP contribution in [0.3, 0.4) is 0 Å². The summed E-state index contributed by atoms with van der Waals surface area (Å²) < 4.78 is 0. The molecule has 1 heterocycles. The maximum atomic E-state index is 11.1. The molecule has 0 radical (unpaired) electrons. The molecule has 5 nitrogen and oxygen atoms in total. The van der Waals surface area contributed by atoms with E-state index in [9.17, 15) is 9.90 Å². The monoisotopic (exact) mass is 388 g/mol. The fourth-order valence-corrected chi connectivity index (χ4v) is 3.13. The number of carbonyl (C=O) groups excluding carboxylic acids is 1. The van der Waals surface area contributed by atoms with E-state index in [0.29, 0.717) is 0 Å². The van der Waals surface area contributed by atoms with Gasteiger partial charge in [-0.05, 0) is 31.3 Å². The molecule has 24 heavy (non-hydrogen) atoms. The van der Waals surface area contributed by atoms with Crippen molar-refractivity contribution in [1.29, 1.82) is 0 Å². The maximum absolute atomic E-state index is 11.1. The smallest absolute Gasteiger partial charge is 0.150 e. The Bertz CT molecular complexity index is 702. The molecular formula is C16H17Cl3N3O2-. The summed E-state index contributed by atoms with van der Waals surface area (Å²) in [6.45, 7) is 2.16. The quantitative estimate of drug-likeness (QED) is 0.424. The molecule has 1 aliphatic carbocycles.